The number of methoxy groups -OCH3 is 1. The highest BCUT2D eigenvalue weighted by atomic mass is 16.5. The Morgan fingerprint density at radius 2 is 1.96 bits per heavy atom. The molecule has 7 heteroatoms. The fourth-order valence-corrected chi connectivity index (χ4v) is 4.59. The van der Waals surface area contributed by atoms with E-state index in [2.05, 4.69) is 22.5 Å². The maximum Gasteiger partial charge on any atom is 0.225 e. The van der Waals surface area contributed by atoms with Crippen LogP contribution in [0, 0.1) is 5.92 Å². The molecule has 1 aliphatic carbocycles. The third-order valence-corrected chi connectivity index (χ3v) is 6.50. The monoisotopic (exact) mass is 394 g/mol. The van der Waals surface area contributed by atoms with Crippen molar-refractivity contribution in [3.05, 3.63) is 0 Å². The number of hydrogen-bond donors (Lipinski definition) is 2. The van der Waals surface area contributed by atoms with Crippen LogP contribution in [0.4, 0.5) is 0 Å². The van der Waals surface area contributed by atoms with Crippen LogP contribution in [0.1, 0.15) is 58.3 Å². The molecular weight excluding hydrogens is 356 g/mol. The van der Waals surface area contributed by atoms with Crippen LogP contribution in [0.15, 0.2) is 4.99 Å². The molecule has 0 aromatic rings. The van der Waals surface area contributed by atoms with Crippen LogP contribution in [0.5, 0.6) is 0 Å². The molecule has 1 atom stereocenters. The van der Waals surface area contributed by atoms with E-state index in [-0.39, 0.29) is 17.6 Å². The normalized spacial score (nSPS) is 26.3. The number of guanidine groups is 1. The Hall–Kier alpha value is -1.34. The Bertz CT molecular complexity index is 528. The summed E-state index contributed by atoms with van der Waals surface area (Å²) in [6.07, 6.45) is 8.56. The van der Waals surface area contributed by atoms with Crippen molar-refractivity contribution in [3.8, 4) is 0 Å². The second-order valence-corrected chi connectivity index (χ2v) is 8.44. The third-order valence-electron chi connectivity index (χ3n) is 6.50. The molecule has 0 bridgehead atoms. The van der Waals surface area contributed by atoms with Crippen molar-refractivity contribution in [3.63, 3.8) is 0 Å². The highest BCUT2D eigenvalue weighted by molar-refractivity contribution is 5.81. The van der Waals surface area contributed by atoms with Gasteiger partial charge in [0.25, 0.3) is 0 Å². The van der Waals surface area contributed by atoms with Crippen molar-refractivity contribution in [1.29, 1.82) is 0 Å². The second kappa shape index (κ2) is 10.4. The van der Waals surface area contributed by atoms with Crippen LogP contribution in [-0.2, 0) is 14.3 Å². The van der Waals surface area contributed by atoms with E-state index in [9.17, 15) is 4.79 Å². The lowest BCUT2D eigenvalue weighted by molar-refractivity contribution is -0.135. The van der Waals surface area contributed by atoms with Crippen LogP contribution in [0.25, 0.3) is 0 Å². The summed E-state index contributed by atoms with van der Waals surface area (Å²) in [5, 5.41) is 6.89. The van der Waals surface area contributed by atoms with Gasteiger partial charge in [-0.25, -0.2) is 0 Å². The lowest BCUT2D eigenvalue weighted by atomic mass is 9.88. The molecule has 3 rings (SSSR count). The van der Waals surface area contributed by atoms with E-state index in [1.165, 1.54) is 19.3 Å². The summed E-state index contributed by atoms with van der Waals surface area (Å²) in [7, 11) is 1.77. The lowest BCUT2D eigenvalue weighted by Crippen LogP contribution is -2.47. The largest absolute Gasteiger partial charge is 0.381 e. The number of hydrogen-bond acceptors (Lipinski definition) is 4. The lowest BCUT2D eigenvalue weighted by Gasteiger charge is -2.34. The van der Waals surface area contributed by atoms with Crippen LogP contribution >= 0.6 is 0 Å². The maximum absolute atomic E-state index is 12.8. The number of carbonyl (C=O) groups is 1. The topological polar surface area (TPSA) is 75.2 Å². The van der Waals surface area contributed by atoms with Crippen LogP contribution in [-0.4, -0.2) is 74.9 Å². The molecule has 7 nitrogen and oxygen atoms in total. The molecule has 1 amide bonds. The first kappa shape index (κ1) is 21.4. The average Bonchev–Trinajstić information content (AvgIpc) is 3.21. The summed E-state index contributed by atoms with van der Waals surface area (Å²) < 4.78 is 11.3. The number of ether oxygens (including phenoxy) is 2. The SMILES string of the molecule is CCNC(=NCC1(OC)CCOCC1)NC1CCN(C(=O)C2CCCCC2)C1. The van der Waals surface area contributed by atoms with E-state index in [4.69, 9.17) is 14.5 Å². The van der Waals surface area contributed by atoms with E-state index in [1.54, 1.807) is 7.11 Å². The number of nitrogens with one attached hydrogen (secondary N) is 2. The maximum atomic E-state index is 12.8. The Labute approximate surface area is 169 Å². The van der Waals surface area contributed by atoms with Crippen LogP contribution in [0.2, 0.25) is 0 Å². The van der Waals surface area contributed by atoms with Gasteiger partial charge in [0.1, 0.15) is 0 Å². The number of nitrogens with zero attached hydrogens (tertiary/aromatic N) is 2. The predicted octanol–water partition coefficient (Wildman–Crippen LogP) is 1.92. The highest BCUT2D eigenvalue weighted by Crippen LogP contribution is 2.27. The van der Waals surface area contributed by atoms with Crippen LogP contribution in [0.3, 0.4) is 0 Å². The molecule has 2 saturated heterocycles. The van der Waals surface area contributed by atoms with Gasteiger partial charge in [0.2, 0.25) is 5.91 Å². The van der Waals surface area contributed by atoms with Gasteiger partial charge in [0, 0.05) is 64.8 Å². The van der Waals surface area contributed by atoms with Crippen molar-refractivity contribution >= 4 is 11.9 Å². The summed E-state index contributed by atoms with van der Waals surface area (Å²) >= 11 is 0. The third kappa shape index (κ3) is 5.60. The quantitative estimate of drug-likeness (QED) is 0.532. The first-order chi connectivity index (χ1) is 13.7. The summed E-state index contributed by atoms with van der Waals surface area (Å²) in [4.78, 5) is 19.7. The Kier molecular flexibility index (Phi) is 7.97. The zero-order chi connectivity index (χ0) is 19.8. The molecule has 3 fully saturated rings. The smallest absolute Gasteiger partial charge is 0.225 e. The van der Waals surface area contributed by atoms with Gasteiger partial charge in [-0.1, -0.05) is 19.3 Å². The molecule has 160 valence electrons. The highest BCUT2D eigenvalue weighted by Gasteiger charge is 2.34. The minimum Gasteiger partial charge on any atom is -0.381 e. The molecular formula is C21H38N4O3. The van der Waals surface area contributed by atoms with Gasteiger partial charge >= 0.3 is 0 Å². The van der Waals surface area contributed by atoms with Crippen LogP contribution < -0.4 is 10.6 Å². The van der Waals surface area contributed by atoms with Crippen molar-refractivity contribution < 1.29 is 14.3 Å². The van der Waals surface area contributed by atoms with Gasteiger partial charge in [0.15, 0.2) is 5.96 Å². The van der Waals surface area contributed by atoms with Crippen molar-refractivity contribution in [1.82, 2.24) is 15.5 Å². The molecule has 2 heterocycles. The molecule has 0 aromatic heterocycles. The average molecular weight is 395 g/mol. The van der Waals surface area contributed by atoms with Gasteiger partial charge in [-0.2, -0.15) is 0 Å². The summed E-state index contributed by atoms with van der Waals surface area (Å²) in [6, 6.07) is 0.263. The van der Waals surface area contributed by atoms with E-state index in [0.717, 1.165) is 70.9 Å². The molecule has 0 radical (unpaired) electrons. The van der Waals surface area contributed by atoms with E-state index < -0.39 is 0 Å². The number of rotatable bonds is 6. The number of amides is 1. The first-order valence-corrected chi connectivity index (χ1v) is 11.1. The predicted molar refractivity (Wildman–Crippen MR) is 110 cm³/mol. The molecule has 2 aliphatic heterocycles. The van der Waals surface area contributed by atoms with Crippen molar-refractivity contribution in [2.75, 3.05) is 46.5 Å². The molecule has 3 aliphatic rings. The van der Waals surface area contributed by atoms with Crippen molar-refractivity contribution in [2.24, 2.45) is 10.9 Å². The standard InChI is InChI=1S/C21H38N4O3/c1-3-22-20(23-16-21(27-2)10-13-28-14-11-21)24-18-9-12-25(15-18)19(26)17-7-5-4-6-8-17/h17-18H,3-16H2,1-2H3,(H2,22,23,24). The zero-order valence-corrected chi connectivity index (χ0v) is 17.7. The Balaban J connectivity index is 1.53. The number of likely N-dealkylation sites (tertiary alicyclic amines) is 1. The minimum atomic E-state index is -0.223. The van der Waals surface area contributed by atoms with Crippen molar-refractivity contribution in [2.45, 2.75) is 69.9 Å². The molecule has 0 aromatic carbocycles. The number of carbonyl (C=O) groups excluding carboxylic acids is 1. The first-order valence-electron chi connectivity index (χ1n) is 11.1. The summed E-state index contributed by atoms with van der Waals surface area (Å²) in [6.45, 7) is 6.61. The summed E-state index contributed by atoms with van der Waals surface area (Å²) in [5.41, 5.74) is -0.223. The van der Waals surface area contributed by atoms with E-state index in [1.807, 2.05) is 0 Å². The fourth-order valence-electron chi connectivity index (χ4n) is 4.59. The number of aliphatic imine (C=N–C) groups is 1. The fraction of sp³-hybridized carbons (Fsp3) is 0.905. The minimum absolute atomic E-state index is 0.223. The zero-order valence-electron chi connectivity index (χ0n) is 17.7. The van der Waals surface area contributed by atoms with Gasteiger partial charge in [0.05, 0.1) is 12.1 Å². The van der Waals surface area contributed by atoms with Gasteiger partial charge < -0.3 is 25.0 Å². The molecule has 2 N–H and O–H groups in total. The molecule has 28 heavy (non-hydrogen) atoms. The van der Waals surface area contributed by atoms with Gasteiger partial charge in [-0.05, 0) is 26.2 Å². The molecule has 1 unspecified atom stereocenters. The molecule has 0 spiro atoms. The Morgan fingerprint density at radius 1 is 1.21 bits per heavy atom. The van der Waals surface area contributed by atoms with E-state index in [0.29, 0.717) is 12.5 Å². The summed E-state index contributed by atoms with van der Waals surface area (Å²) in [5.74, 6) is 1.44. The molecule has 1 saturated carbocycles. The Morgan fingerprint density at radius 3 is 2.64 bits per heavy atom. The van der Waals surface area contributed by atoms with E-state index >= 15 is 0 Å². The second-order valence-electron chi connectivity index (χ2n) is 8.44. The van der Waals surface area contributed by atoms with Gasteiger partial charge in [-0.3, -0.25) is 9.79 Å². The van der Waals surface area contributed by atoms with Gasteiger partial charge in [-0.15, -0.1) is 0 Å².